The van der Waals surface area contributed by atoms with Crippen LogP contribution in [0.3, 0.4) is 0 Å². The highest BCUT2D eigenvalue weighted by molar-refractivity contribution is 7.47. The van der Waals surface area contributed by atoms with E-state index >= 15 is 0 Å². The summed E-state index contributed by atoms with van der Waals surface area (Å²) < 4.78 is 34.3. The smallest absolute Gasteiger partial charge is 0.457 e. The SMILES string of the molecule is CC/C=C\C/C=C\C/C=C\C/C=C\CCCCCCCCCCCCC(=O)OC(COCCCCCCCC/C=C\C/C=C\CCCCCC)COP(=O)(O)OC1C(O)C(O)C(O)C(O)C1O. The molecule has 6 atom stereocenters. The van der Waals surface area contributed by atoms with E-state index in [4.69, 9.17) is 18.5 Å². The number of rotatable bonds is 44. The lowest BCUT2D eigenvalue weighted by molar-refractivity contribution is -0.220. The minimum Gasteiger partial charge on any atom is -0.457 e. The summed E-state index contributed by atoms with van der Waals surface area (Å²) in [4.78, 5) is 23.3. The van der Waals surface area contributed by atoms with Crippen LogP contribution in [-0.4, -0.2) is 98.9 Å². The zero-order chi connectivity index (χ0) is 49.1. The molecule has 13 heteroatoms. The molecule has 0 spiro atoms. The standard InChI is InChI=1S/C54H95O12P/c1-3-5-7-9-11-13-15-17-19-21-22-23-24-25-26-27-29-31-33-35-37-39-41-43-48(55)65-47(46-64-67(61,62)66-54-52(59)50(57)49(56)51(58)53(54)60)45-63-44-42-40-38-36-34-32-30-28-20-18-16-14-12-10-8-6-4-2/h5,7,11,13-14,16-17,19-20,22-23,28,47,49-54,56-60H,3-4,6,8-10,12,15,18,21,24-27,29-46H2,1-2H3,(H,61,62)/b7-5-,13-11-,16-14-,19-17-,23-22-,28-20-. The van der Waals surface area contributed by atoms with Crippen LogP contribution in [0.5, 0.6) is 0 Å². The molecule has 6 N–H and O–H groups in total. The van der Waals surface area contributed by atoms with Gasteiger partial charge in [-0.25, -0.2) is 4.57 Å². The molecule has 12 nitrogen and oxygen atoms in total. The molecule has 1 rings (SSSR count). The largest absolute Gasteiger partial charge is 0.472 e. The van der Waals surface area contributed by atoms with Gasteiger partial charge in [0.2, 0.25) is 0 Å². The molecule has 0 saturated heterocycles. The highest BCUT2D eigenvalue weighted by Gasteiger charge is 2.51. The van der Waals surface area contributed by atoms with Gasteiger partial charge in [-0.05, 0) is 83.5 Å². The first kappa shape index (κ1) is 62.8. The van der Waals surface area contributed by atoms with Crippen molar-refractivity contribution in [2.24, 2.45) is 0 Å². The lowest BCUT2D eigenvalue weighted by atomic mass is 9.85. The summed E-state index contributed by atoms with van der Waals surface area (Å²) in [6, 6.07) is 0. The average Bonchev–Trinajstić information content (AvgIpc) is 3.31. The number of allylic oxidation sites excluding steroid dienone is 12. The maximum absolute atomic E-state index is 12.9. The quantitative estimate of drug-likeness (QED) is 0.0147. The zero-order valence-corrected chi connectivity index (χ0v) is 42.6. The Morgan fingerprint density at radius 2 is 0.881 bits per heavy atom. The molecule has 0 bridgehead atoms. The summed E-state index contributed by atoms with van der Waals surface area (Å²) in [5.74, 6) is -0.487. The van der Waals surface area contributed by atoms with E-state index in [-0.39, 0.29) is 13.0 Å². The monoisotopic (exact) mass is 967 g/mol. The Hall–Kier alpha value is -2.22. The van der Waals surface area contributed by atoms with Crippen molar-refractivity contribution in [3.63, 3.8) is 0 Å². The number of carbonyl (C=O) groups is 1. The van der Waals surface area contributed by atoms with Gasteiger partial charge in [0.25, 0.3) is 0 Å². The van der Waals surface area contributed by atoms with Crippen LogP contribution in [0.4, 0.5) is 0 Å². The summed E-state index contributed by atoms with van der Waals surface area (Å²) in [5.41, 5.74) is 0. The van der Waals surface area contributed by atoms with E-state index in [1.165, 1.54) is 77.0 Å². The molecule has 0 aromatic carbocycles. The van der Waals surface area contributed by atoms with E-state index in [0.29, 0.717) is 13.0 Å². The number of phosphoric acid groups is 1. The number of aliphatic hydroxyl groups is 5. The fourth-order valence-corrected chi connectivity index (χ4v) is 8.64. The van der Waals surface area contributed by atoms with Crippen LogP contribution in [0, 0.1) is 0 Å². The van der Waals surface area contributed by atoms with Gasteiger partial charge < -0.3 is 39.9 Å². The van der Waals surface area contributed by atoms with Gasteiger partial charge in [0.1, 0.15) is 42.7 Å². The van der Waals surface area contributed by atoms with E-state index in [2.05, 4.69) is 86.8 Å². The molecule has 0 radical (unpaired) electrons. The molecule has 1 saturated carbocycles. The Balaban J connectivity index is 2.34. The Labute approximate surface area is 406 Å². The lowest BCUT2D eigenvalue weighted by Crippen LogP contribution is -2.64. The molecule has 1 aliphatic rings. The number of phosphoric ester groups is 1. The summed E-state index contributed by atoms with van der Waals surface area (Å²) in [6.07, 6.45) is 45.3. The molecule has 0 aliphatic heterocycles. The predicted molar refractivity (Wildman–Crippen MR) is 271 cm³/mol. The van der Waals surface area contributed by atoms with Gasteiger partial charge >= 0.3 is 13.8 Å². The van der Waals surface area contributed by atoms with Crippen molar-refractivity contribution in [1.29, 1.82) is 0 Å². The van der Waals surface area contributed by atoms with Crippen LogP contribution in [0.2, 0.25) is 0 Å². The second-order valence-corrected chi connectivity index (χ2v) is 19.4. The number of aliphatic hydroxyl groups excluding tert-OH is 5. The third-order valence-corrected chi connectivity index (χ3v) is 12.8. The second kappa shape index (κ2) is 43.8. The van der Waals surface area contributed by atoms with Gasteiger partial charge in [0.15, 0.2) is 0 Å². The number of ether oxygens (including phenoxy) is 2. The minimum absolute atomic E-state index is 0.0884. The number of hydrogen-bond acceptors (Lipinski definition) is 11. The molecule has 6 unspecified atom stereocenters. The molecule has 0 amide bonds. The van der Waals surface area contributed by atoms with Gasteiger partial charge in [-0.1, -0.05) is 183 Å². The number of hydrogen-bond donors (Lipinski definition) is 6. The summed E-state index contributed by atoms with van der Waals surface area (Å²) in [6.45, 7) is 4.11. The fourth-order valence-electron chi connectivity index (χ4n) is 7.67. The molecule has 0 aromatic heterocycles. The molecule has 1 fully saturated rings. The van der Waals surface area contributed by atoms with Crippen LogP contribution >= 0.6 is 7.82 Å². The van der Waals surface area contributed by atoms with Crippen molar-refractivity contribution < 1.29 is 58.3 Å². The predicted octanol–water partition coefficient (Wildman–Crippen LogP) is 11.9. The molecular weight excluding hydrogens is 872 g/mol. The van der Waals surface area contributed by atoms with Crippen LogP contribution in [0.25, 0.3) is 0 Å². The van der Waals surface area contributed by atoms with Crippen LogP contribution in [0.1, 0.15) is 200 Å². The first-order chi connectivity index (χ1) is 32.5. The number of esters is 1. The highest BCUT2D eigenvalue weighted by atomic mass is 31.2. The fraction of sp³-hybridized carbons (Fsp3) is 0.759. The summed E-state index contributed by atoms with van der Waals surface area (Å²) in [5, 5.41) is 50.3. The normalized spacial score (nSPS) is 21.9. The second-order valence-electron chi connectivity index (χ2n) is 18.0. The third kappa shape index (κ3) is 35.5. The van der Waals surface area contributed by atoms with E-state index in [1.54, 1.807) is 0 Å². The van der Waals surface area contributed by atoms with Gasteiger partial charge in [-0.3, -0.25) is 13.8 Å². The summed E-state index contributed by atoms with van der Waals surface area (Å²) in [7, 11) is -5.03. The van der Waals surface area contributed by atoms with Crippen molar-refractivity contribution in [3.05, 3.63) is 72.9 Å². The van der Waals surface area contributed by atoms with E-state index in [0.717, 1.165) is 96.3 Å². The molecule has 1 aliphatic carbocycles. The van der Waals surface area contributed by atoms with Gasteiger partial charge in [-0.2, -0.15) is 0 Å². The Morgan fingerprint density at radius 3 is 1.34 bits per heavy atom. The molecule has 0 aromatic rings. The Kier molecular flexibility index (Phi) is 41.0. The van der Waals surface area contributed by atoms with Crippen molar-refractivity contribution in [2.75, 3.05) is 19.8 Å². The first-order valence-electron chi connectivity index (χ1n) is 26.3. The van der Waals surface area contributed by atoms with E-state index in [9.17, 15) is 39.8 Å². The average molecular weight is 967 g/mol. The van der Waals surface area contributed by atoms with E-state index < -0.39 is 63.1 Å². The molecule has 388 valence electrons. The van der Waals surface area contributed by atoms with Crippen LogP contribution in [-0.2, 0) is 27.9 Å². The Morgan fingerprint density at radius 1 is 0.493 bits per heavy atom. The molecule has 0 heterocycles. The first-order valence-corrected chi connectivity index (χ1v) is 27.8. The van der Waals surface area contributed by atoms with Gasteiger partial charge in [0, 0.05) is 13.0 Å². The van der Waals surface area contributed by atoms with Gasteiger partial charge in [0.05, 0.1) is 13.2 Å². The van der Waals surface area contributed by atoms with E-state index in [1.807, 2.05) is 0 Å². The van der Waals surface area contributed by atoms with Crippen molar-refractivity contribution in [2.45, 2.75) is 243 Å². The maximum Gasteiger partial charge on any atom is 0.472 e. The number of unbranched alkanes of at least 4 members (excludes halogenated alkanes) is 20. The molecular formula is C54H95O12P. The van der Waals surface area contributed by atoms with Gasteiger partial charge in [-0.15, -0.1) is 0 Å². The van der Waals surface area contributed by atoms with Crippen LogP contribution < -0.4 is 0 Å². The highest BCUT2D eigenvalue weighted by Crippen LogP contribution is 2.47. The number of carbonyl (C=O) groups excluding carboxylic acids is 1. The lowest BCUT2D eigenvalue weighted by Gasteiger charge is -2.41. The minimum atomic E-state index is -5.03. The van der Waals surface area contributed by atoms with Crippen molar-refractivity contribution >= 4 is 13.8 Å². The third-order valence-electron chi connectivity index (χ3n) is 11.8. The van der Waals surface area contributed by atoms with Crippen molar-refractivity contribution in [3.8, 4) is 0 Å². The maximum atomic E-state index is 12.9. The van der Waals surface area contributed by atoms with Crippen LogP contribution in [0.15, 0.2) is 72.9 Å². The Bertz CT molecular complexity index is 1380. The zero-order valence-electron chi connectivity index (χ0n) is 41.7. The molecule has 67 heavy (non-hydrogen) atoms. The summed E-state index contributed by atoms with van der Waals surface area (Å²) >= 11 is 0. The topological polar surface area (TPSA) is 192 Å². The van der Waals surface area contributed by atoms with Crippen molar-refractivity contribution in [1.82, 2.24) is 0 Å².